The minimum atomic E-state index is -0.736. The molecule has 3 N–H and O–H groups in total. The largest absolute Gasteiger partial charge is 0.391 e. The van der Waals surface area contributed by atoms with Crippen molar-refractivity contribution < 1.29 is 5.11 Å². The summed E-state index contributed by atoms with van der Waals surface area (Å²) in [6.45, 7) is 1.48. The number of nitrogens with two attached hydrogens (primary N) is 1. The van der Waals surface area contributed by atoms with Gasteiger partial charge in [-0.25, -0.2) is 0 Å². The minimum Gasteiger partial charge on any atom is -0.391 e. The fraction of sp³-hybridized carbons (Fsp3) is 0.750. The Bertz CT molecular complexity index is 84.2. The molecule has 0 amide bonds. The Hall–Kier alpha value is -0.590. The van der Waals surface area contributed by atoms with Crippen LogP contribution in [-0.4, -0.2) is 17.3 Å². The standard InChI is InChI=1S/C4H8N2O/c1-3(7)4(6)2-5/h3-4,7H,6H2,1H3. The Morgan fingerprint density at radius 1 is 1.86 bits per heavy atom. The average molecular weight is 100 g/mol. The van der Waals surface area contributed by atoms with Crippen molar-refractivity contribution in [3.05, 3.63) is 0 Å². The summed E-state index contributed by atoms with van der Waals surface area (Å²) in [6, 6.07) is 0.956. The third kappa shape index (κ3) is 2.15. The molecule has 0 fully saturated rings. The van der Waals surface area contributed by atoms with Gasteiger partial charge in [-0.05, 0) is 6.92 Å². The van der Waals surface area contributed by atoms with Crippen LogP contribution in [0.1, 0.15) is 6.92 Å². The normalized spacial score (nSPS) is 17.4. The summed E-state index contributed by atoms with van der Waals surface area (Å²) in [6.07, 6.45) is -0.718. The number of nitrogens with zero attached hydrogens (tertiary/aromatic N) is 1. The number of aliphatic hydroxyl groups excluding tert-OH is 1. The van der Waals surface area contributed by atoms with E-state index in [2.05, 4.69) is 0 Å². The number of rotatable bonds is 1. The summed E-state index contributed by atoms with van der Waals surface area (Å²) in [7, 11) is 0. The SMILES string of the molecule is CC(O)C(N)C#N. The predicted octanol–water partition coefficient (Wildman–Crippen LogP) is -0.782. The van der Waals surface area contributed by atoms with Crippen molar-refractivity contribution in [1.82, 2.24) is 0 Å². The van der Waals surface area contributed by atoms with Gasteiger partial charge in [0.1, 0.15) is 6.04 Å². The summed E-state index contributed by atoms with van der Waals surface area (Å²) >= 11 is 0. The number of hydrogen-bond donors (Lipinski definition) is 2. The Balaban J connectivity index is 3.40. The Morgan fingerprint density at radius 3 is 2.29 bits per heavy atom. The Kier molecular flexibility index (Phi) is 2.34. The predicted molar refractivity (Wildman–Crippen MR) is 25.3 cm³/mol. The topological polar surface area (TPSA) is 70.0 Å². The lowest BCUT2D eigenvalue weighted by Crippen LogP contribution is -2.30. The smallest absolute Gasteiger partial charge is 0.119 e. The van der Waals surface area contributed by atoms with Crippen LogP contribution >= 0.6 is 0 Å². The Morgan fingerprint density at radius 2 is 2.29 bits per heavy atom. The third-order valence-electron chi connectivity index (χ3n) is 0.669. The highest BCUT2D eigenvalue weighted by Crippen LogP contribution is 1.82. The number of hydrogen-bond acceptors (Lipinski definition) is 3. The van der Waals surface area contributed by atoms with Crippen molar-refractivity contribution in [2.75, 3.05) is 0 Å². The first kappa shape index (κ1) is 6.41. The molecule has 2 unspecified atom stereocenters. The molecule has 3 nitrogen and oxygen atoms in total. The van der Waals surface area contributed by atoms with Gasteiger partial charge in [-0.15, -0.1) is 0 Å². The summed E-state index contributed by atoms with van der Waals surface area (Å²) in [5.74, 6) is 0. The molecule has 0 radical (unpaired) electrons. The lowest BCUT2D eigenvalue weighted by atomic mass is 10.2. The van der Waals surface area contributed by atoms with E-state index in [9.17, 15) is 0 Å². The van der Waals surface area contributed by atoms with Crippen molar-refractivity contribution in [2.24, 2.45) is 5.73 Å². The highest BCUT2D eigenvalue weighted by Gasteiger charge is 2.04. The maximum Gasteiger partial charge on any atom is 0.119 e. The molecule has 0 heterocycles. The van der Waals surface area contributed by atoms with Crippen LogP contribution in [0.4, 0.5) is 0 Å². The summed E-state index contributed by atoms with van der Waals surface area (Å²) in [4.78, 5) is 0. The molecule has 0 aromatic heterocycles. The molecule has 3 heteroatoms. The van der Waals surface area contributed by atoms with Crippen LogP contribution in [0.15, 0.2) is 0 Å². The van der Waals surface area contributed by atoms with Crippen LogP contribution < -0.4 is 5.73 Å². The Labute approximate surface area is 42.4 Å². The van der Waals surface area contributed by atoms with Gasteiger partial charge in [0.05, 0.1) is 12.2 Å². The summed E-state index contributed by atoms with van der Waals surface area (Å²) < 4.78 is 0. The first-order valence-electron chi connectivity index (χ1n) is 2.01. The summed E-state index contributed by atoms with van der Waals surface area (Å²) in [5.41, 5.74) is 5.00. The van der Waals surface area contributed by atoms with Gasteiger partial charge in [-0.1, -0.05) is 0 Å². The van der Waals surface area contributed by atoms with Gasteiger partial charge in [0.15, 0.2) is 0 Å². The molecule has 0 aliphatic heterocycles. The maximum atomic E-state index is 8.47. The van der Waals surface area contributed by atoms with Gasteiger partial charge in [0.25, 0.3) is 0 Å². The van der Waals surface area contributed by atoms with Crippen molar-refractivity contribution in [3.63, 3.8) is 0 Å². The molecular formula is C4H8N2O. The molecule has 7 heavy (non-hydrogen) atoms. The molecule has 2 atom stereocenters. The molecule has 0 saturated carbocycles. The zero-order chi connectivity index (χ0) is 5.86. The van der Waals surface area contributed by atoms with Crippen LogP contribution in [-0.2, 0) is 0 Å². The zero-order valence-electron chi connectivity index (χ0n) is 4.13. The third-order valence-corrected chi connectivity index (χ3v) is 0.669. The van der Waals surface area contributed by atoms with Crippen molar-refractivity contribution >= 4 is 0 Å². The van der Waals surface area contributed by atoms with E-state index in [4.69, 9.17) is 16.1 Å². The lowest BCUT2D eigenvalue weighted by Gasteiger charge is -2.01. The number of nitriles is 1. The van der Waals surface area contributed by atoms with E-state index in [1.165, 1.54) is 6.92 Å². The molecule has 0 bridgehead atoms. The van der Waals surface area contributed by atoms with E-state index in [1.807, 2.05) is 0 Å². The van der Waals surface area contributed by atoms with E-state index in [0.29, 0.717) is 0 Å². The molecule has 0 aliphatic carbocycles. The average Bonchev–Trinajstić information content (AvgIpc) is 1.65. The molecule has 0 spiro atoms. The summed E-state index contributed by atoms with van der Waals surface area (Å²) in [5, 5.41) is 16.4. The minimum absolute atomic E-state index is 0.718. The van der Waals surface area contributed by atoms with E-state index < -0.39 is 12.1 Å². The molecule has 0 aliphatic rings. The van der Waals surface area contributed by atoms with E-state index in [1.54, 1.807) is 6.07 Å². The molecule has 0 aromatic rings. The first-order valence-corrected chi connectivity index (χ1v) is 2.01. The second-order valence-corrected chi connectivity index (χ2v) is 1.40. The van der Waals surface area contributed by atoms with Crippen molar-refractivity contribution in [3.8, 4) is 6.07 Å². The maximum absolute atomic E-state index is 8.47. The van der Waals surface area contributed by atoms with Gasteiger partial charge in [0, 0.05) is 0 Å². The molecule has 0 rings (SSSR count). The van der Waals surface area contributed by atoms with Gasteiger partial charge >= 0.3 is 0 Å². The van der Waals surface area contributed by atoms with Gasteiger partial charge in [0.2, 0.25) is 0 Å². The van der Waals surface area contributed by atoms with Gasteiger partial charge < -0.3 is 10.8 Å². The highest BCUT2D eigenvalue weighted by molar-refractivity contribution is 4.89. The second-order valence-electron chi connectivity index (χ2n) is 1.40. The van der Waals surface area contributed by atoms with E-state index in [-0.39, 0.29) is 0 Å². The van der Waals surface area contributed by atoms with Crippen LogP contribution in [0.5, 0.6) is 0 Å². The highest BCUT2D eigenvalue weighted by atomic mass is 16.3. The molecule has 0 saturated heterocycles. The quantitative estimate of drug-likeness (QED) is 0.454. The lowest BCUT2D eigenvalue weighted by molar-refractivity contribution is 0.182. The van der Waals surface area contributed by atoms with Crippen molar-refractivity contribution in [1.29, 1.82) is 5.26 Å². The molecular weight excluding hydrogens is 92.1 g/mol. The zero-order valence-corrected chi connectivity index (χ0v) is 4.13. The van der Waals surface area contributed by atoms with E-state index in [0.717, 1.165) is 0 Å². The van der Waals surface area contributed by atoms with Crippen LogP contribution in [0.2, 0.25) is 0 Å². The van der Waals surface area contributed by atoms with Crippen molar-refractivity contribution in [2.45, 2.75) is 19.1 Å². The number of aliphatic hydroxyl groups is 1. The fourth-order valence-corrected chi connectivity index (χ4v) is 0.108. The van der Waals surface area contributed by atoms with Crippen LogP contribution in [0, 0.1) is 11.3 Å². The van der Waals surface area contributed by atoms with E-state index >= 15 is 0 Å². The molecule has 40 valence electrons. The first-order chi connectivity index (χ1) is 3.18. The second kappa shape index (κ2) is 2.56. The van der Waals surface area contributed by atoms with Gasteiger partial charge in [-0.2, -0.15) is 5.26 Å². The molecule has 0 aromatic carbocycles. The fourth-order valence-electron chi connectivity index (χ4n) is 0.108. The van der Waals surface area contributed by atoms with Gasteiger partial charge in [-0.3, -0.25) is 0 Å². The monoisotopic (exact) mass is 100 g/mol. The van der Waals surface area contributed by atoms with Crippen LogP contribution in [0.3, 0.4) is 0 Å². The van der Waals surface area contributed by atoms with Crippen LogP contribution in [0.25, 0.3) is 0 Å².